The average Bonchev–Trinajstić information content (AvgIpc) is 3.15. The summed E-state index contributed by atoms with van der Waals surface area (Å²) in [7, 11) is 3.54. The van der Waals surface area contributed by atoms with E-state index in [2.05, 4.69) is 34.5 Å². The molecule has 2 rings (SSSR count). The number of thiazole rings is 1. The predicted octanol–water partition coefficient (Wildman–Crippen LogP) is 3.37. The topological polar surface area (TPSA) is 69.6 Å². The van der Waals surface area contributed by atoms with Crippen LogP contribution in [0.1, 0.15) is 39.7 Å². The number of benzene rings is 1. The predicted molar refractivity (Wildman–Crippen MR) is 133 cm³/mol. The molecule has 29 heavy (non-hydrogen) atoms. The van der Waals surface area contributed by atoms with Crippen LogP contribution in [0.5, 0.6) is 0 Å². The summed E-state index contributed by atoms with van der Waals surface area (Å²) in [5.41, 5.74) is 1.85. The fraction of sp³-hybridized carbons (Fsp3) is 0.476. The van der Waals surface area contributed by atoms with Crippen LogP contribution in [0.2, 0.25) is 0 Å². The van der Waals surface area contributed by atoms with E-state index in [1.54, 1.807) is 30.3 Å². The number of amides is 1. The summed E-state index contributed by atoms with van der Waals surface area (Å²) in [6.07, 6.45) is 4.68. The number of aromatic nitrogens is 1. The Bertz CT molecular complexity index is 791. The van der Waals surface area contributed by atoms with Gasteiger partial charge in [-0.15, -0.1) is 35.3 Å². The van der Waals surface area contributed by atoms with Gasteiger partial charge in [0.25, 0.3) is 5.91 Å². The van der Waals surface area contributed by atoms with Crippen LogP contribution < -0.4 is 10.6 Å². The van der Waals surface area contributed by atoms with Gasteiger partial charge in [-0.05, 0) is 37.5 Å². The number of aliphatic imine (C=N–C) groups is 1. The number of nitrogens with zero attached hydrogens (tertiary/aromatic N) is 3. The number of hydrogen-bond acceptors (Lipinski definition) is 4. The summed E-state index contributed by atoms with van der Waals surface area (Å²) in [6.45, 7) is 6.48. The van der Waals surface area contributed by atoms with Crippen molar-refractivity contribution in [3.05, 3.63) is 51.5 Å². The van der Waals surface area contributed by atoms with Gasteiger partial charge in [-0.1, -0.05) is 19.1 Å². The monoisotopic (exact) mass is 529 g/mol. The first kappa shape index (κ1) is 25.4. The van der Waals surface area contributed by atoms with Gasteiger partial charge in [-0.2, -0.15) is 0 Å². The van der Waals surface area contributed by atoms with Gasteiger partial charge in [-0.3, -0.25) is 9.79 Å². The minimum Gasteiger partial charge on any atom is -0.357 e. The zero-order valence-corrected chi connectivity index (χ0v) is 20.8. The van der Waals surface area contributed by atoms with Crippen molar-refractivity contribution >= 4 is 47.2 Å². The van der Waals surface area contributed by atoms with Crippen molar-refractivity contribution in [3.63, 3.8) is 0 Å². The molecule has 0 aliphatic heterocycles. The molecular formula is C21H32IN5OS. The molecule has 6 nitrogen and oxygen atoms in total. The van der Waals surface area contributed by atoms with Crippen molar-refractivity contribution in [2.75, 3.05) is 33.7 Å². The van der Waals surface area contributed by atoms with Crippen LogP contribution in [0.4, 0.5) is 0 Å². The highest BCUT2D eigenvalue weighted by atomic mass is 127. The van der Waals surface area contributed by atoms with Gasteiger partial charge in [0.15, 0.2) is 5.96 Å². The summed E-state index contributed by atoms with van der Waals surface area (Å²) < 4.78 is 0. The maximum absolute atomic E-state index is 12.1. The number of carbonyl (C=O) groups excluding carboxylic acids is 1. The van der Waals surface area contributed by atoms with Crippen LogP contribution in [0.15, 0.2) is 35.5 Å². The second-order valence-corrected chi connectivity index (χ2v) is 7.86. The van der Waals surface area contributed by atoms with E-state index >= 15 is 0 Å². The quantitative estimate of drug-likeness (QED) is 0.297. The summed E-state index contributed by atoms with van der Waals surface area (Å²) in [4.78, 5) is 24.1. The molecule has 8 heteroatoms. The third-order valence-electron chi connectivity index (χ3n) is 4.18. The third-order valence-corrected chi connectivity index (χ3v) is 5.38. The van der Waals surface area contributed by atoms with Gasteiger partial charge < -0.3 is 15.5 Å². The second kappa shape index (κ2) is 13.5. The second-order valence-electron chi connectivity index (χ2n) is 6.66. The average molecular weight is 529 g/mol. The van der Waals surface area contributed by atoms with Crippen molar-refractivity contribution in [2.45, 2.75) is 33.1 Å². The third kappa shape index (κ3) is 8.69. The minimum atomic E-state index is 0. The highest BCUT2D eigenvalue weighted by Gasteiger charge is 2.08. The van der Waals surface area contributed by atoms with Gasteiger partial charge >= 0.3 is 0 Å². The Morgan fingerprint density at radius 1 is 1.21 bits per heavy atom. The molecule has 0 spiro atoms. The number of hydrogen-bond donors (Lipinski definition) is 2. The molecule has 0 saturated carbocycles. The molecule has 0 radical (unpaired) electrons. The Kier molecular flexibility index (Phi) is 11.8. The molecule has 1 aromatic heterocycles. The van der Waals surface area contributed by atoms with Crippen molar-refractivity contribution < 1.29 is 4.79 Å². The van der Waals surface area contributed by atoms with Gasteiger partial charge in [0.2, 0.25) is 0 Å². The maximum Gasteiger partial charge on any atom is 0.253 e. The molecule has 0 bridgehead atoms. The summed E-state index contributed by atoms with van der Waals surface area (Å²) in [5, 5.41) is 7.78. The molecule has 1 heterocycles. The molecule has 2 N–H and O–H groups in total. The lowest BCUT2D eigenvalue weighted by atomic mass is 10.1. The molecule has 0 fully saturated rings. The molecule has 1 amide bonds. The Balaban J connectivity index is 0.00000420. The number of rotatable bonds is 9. The van der Waals surface area contributed by atoms with E-state index in [0.717, 1.165) is 54.4 Å². The molecule has 2 aromatic rings. The number of nitrogens with one attached hydrogen (secondary N) is 2. The first-order chi connectivity index (χ1) is 13.5. The lowest BCUT2D eigenvalue weighted by Crippen LogP contribution is -2.38. The van der Waals surface area contributed by atoms with E-state index in [1.807, 2.05) is 30.5 Å². The number of halogens is 1. The van der Waals surface area contributed by atoms with Crippen molar-refractivity contribution in [1.82, 2.24) is 20.5 Å². The van der Waals surface area contributed by atoms with Crippen LogP contribution in [0.25, 0.3) is 0 Å². The fourth-order valence-corrected chi connectivity index (χ4v) is 3.53. The molecule has 160 valence electrons. The summed E-state index contributed by atoms with van der Waals surface area (Å²) in [6, 6.07) is 7.80. The summed E-state index contributed by atoms with van der Waals surface area (Å²) >= 11 is 1.77. The Morgan fingerprint density at radius 2 is 2.00 bits per heavy atom. The van der Waals surface area contributed by atoms with E-state index in [9.17, 15) is 4.79 Å². The maximum atomic E-state index is 12.1. The number of aryl methyl sites for hydroxylation is 1. The highest BCUT2D eigenvalue weighted by Crippen LogP contribution is 2.13. The van der Waals surface area contributed by atoms with Crippen molar-refractivity contribution in [2.24, 2.45) is 4.99 Å². The zero-order chi connectivity index (χ0) is 20.4. The smallest absolute Gasteiger partial charge is 0.253 e. The Morgan fingerprint density at radius 3 is 2.66 bits per heavy atom. The minimum absolute atomic E-state index is 0. The molecule has 0 unspecified atom stereocenters. The molecule has 0 aliphatic carbocycles. The van der Waals surface area contributed by atoms with E-state index in [-0.39, 0.29) is 29.9 Å². The van der Waals surface area contributed by atoms with Crippen molar-refractivity contribution in [1.29, 1.82) is 0 Å². The first-order valence-electron chi connectivity index (χ1n) is 9.79. The van der Waals surface area contributed by atoms with Gasteiger partial charge in [0, 0.05) is 56.8 Å². The van der Waals surface area contributed by atoms with Gasteiger partial charge in [-0.25, -0.2) is 4.98 Å². The first-order valence-corrected chi connectivity index (χ1v) is 10.6. The Hall–Kier alpha value is -1.68. The number of carbonyl (C=O) groups is 1. The van der Waals surface area contributed by atoms with E-state index in [4.69, 9.17) is 0 Å². The highest BCUT2D eigenvalue weighted by molar-refractivity contribution is 14.0. The van der Waals surface area contributed by atoms with Crippen LogP contribution in [0.3, 0.4) is 0 Å². The van der Waals surface area contributed by atoms with Crippen LogP contribution in [-0.2, 0) is 19.3 Å². The van der Waals surface area contributed by atoms with Gasteiger partial charge in [0.05, 0.1) is 5.01 Å². The lowest BCUT2D eigenvalue weighted by Gasteiger charge is -2.13. The Labute approximate surface area is 195 Å². The molecular weight excluding hydrogens is 497 g/mol. The lowest BCUT2D eigenvalue weighted by molar-refractivity contribution is 0.0827. The van der Waals surface area contributed by atoms with E-state index < -0.39 is 0 Å². The summed E-state index contributed by atoms with van der Waals surface area (Å²) in [5.74, 6) is 0.841. The molecule has 0 aliphatic rings. The normalized spacial score (nSPS) is 11.0. The largest absolute Gasteiger partial charge is 0.357 e. The fourth-order valence-electron chi connectivity index (χ4n) is 2.68. The number of guanidine groups is 1. The van der Waals surface area contributed by atoms with Crippen LogP contribution in [-0.4, -0.2) is 55.5 Å². The van der Waals surface area contributed by atoms with Crippen molar-refractivity contribution in [3.8, 4) is 0 Å². The molecule has 1 aromatic carbocycles. The van der Waals surface area contributed by atoms with Crippen LogP contribution in [0, 0.1) is 0 Å². The molecule has 0 saturated heterocycles. The van der Waals surface area contributed by atoms with E-state index in [0.29, 0.717) is 6.54 Å². The standard InChI is InChI=1S/C21H31N5OS.HI/c1-5-18-15-25-19(28-18)11-13-24-21(22-6-2)23-12-10-16-8-7-9-17(14-16)20(27)26(3)4;/h7-9,14-15H,5-6,10-13H2,1-4H3,(H2,22,23,24);1H. The van der Waals surface area contributed by atoms with Crippen LogP contribution >= 0.6 is 35.3 Å². The molecule has 0 atom stereocenters. The van der Waals surface area contributed by atoms with E-state index in [1.165, 1.54) is 4.88 Å². The van der Waals surface area contributed by atoms with Gasteiger partial charge in [0.1, 0.15) is 0 Å². The SMILES string of the molecule is CCNC(=NCCc1ncc(CC)s1)NCCc1cccc(C(=O)N(C)C)c1.I. The zero-order valence-electron chi connectivity index (χ0n) is 17.7.